The van der Waals surface area contributed by atoms with Gasteiger partial charge in [0, 0.05) is 36.1 Å². The van der Waals surface area contributed by atoms with Gasteiger partial charge in [0.05, 0.1) is 17.7 Å². The van der Waals surface area contributed by atoms with Crippen LogP contribution in [0, 0.1) is 17.8 Å². The van der Waals surface area contributed by atoms with E-state index in [1.807, 2.05) is 6.92 Å². The number of hydrazone groups is 1. The molecule has 0 bridgehead atoms. The summed E-state index contributed by atoms with van der Waals surface area (Å²) in [4.78, 5) is 52.5. The van der Waals surface area contributed by atoms with Crippen LogP contribution < -0.4 is 21.0 Å². The number of benzene rings is 1. The number of amides is 4. The summed E-state index contributed by atoms with van der Waals surface area (Å²) in [7, 11) is 0. The van der Waals surface area contributed by atoms with Crippen molar-refractivity contribution in [2.24, 2.45) is 22.9 Å². The summed E-state index contributed by atoms with van der Waals surface area (Å²) in [5, 5.41) is 15.3. The first-order valence-corrected chi connectivity index (χ1v) is 14.2. The molecule has 10 heteroatoms. The molecule has 3 aliphatic carbocycles. The third-order valence-electron chi connectivity index (χ3n) is 7.56. The average molecular weight is 536 g/mol. The van der Waals surface area contributed by atoms with Gasteiger partial charge in [-0.25, -0.2) is 5.01 Å². The van der Waals surface area contributed by atoms with E-state index in [0.29, 0.717) is 60.1 Å². The fraction of sp³-hybridized carbons (Fsp3) is 0.464. The molecule has 6 rings (SSSR count). The van der Waals surface area contributed by atoms with Crippen LogP contribution in [0.4, 0.5) is 16.4 Å². The van der Waals surface area contributed by atoms with Gasteiger partial charge in [-0.2, -0.15) is 5.10 Å². The standard InChI is InChI=1S/C28H31N5O4S.H2/c1-15-11-23(34)33(32-15)20-4-2-3-19(13-20)30-26(36)18-9-10-22-21(12-18)24(27(37)29-14-16-5-6-16)28(38-22)31-25(35)17-7-8-17;/h2-4,13,16-18H,5-12,14H2,1H3,(H,29,37)(H,30,36)(H,31,35);1H. The first-order chi connectivity index (χ1) is 18.4. The number of nitrogens with zero attached hydrogens (tertiary/aromatic N) is 2. The summed E-state index contributed by atoms with van der Waals surface area (Å²) in [6.45, 7) is 2.46. The Morgan fingerprint density at radius 2 is 1.87 bits per heavy atom. The van der Waals surface area contributed by atoms with Crippen molar-refractivity contribution >= 4 is 57.1 Å². The highest BCUT2D eigenvalue weighted by molar-refractivity contribution is 7.17. The van der Waals surface area contributed by atoms with E-state index in [9.17, 15) is 19.2 Å². The predicted molar refractivity (Wildman–Crippen MR) is 149 cm³/mol. The van der Waals surface area contributed by atoms with Crippen LogP contribution in [-0.4, -0.2) is 35.9 Å². The van der Waals surface area contributed by atoms with E-state index < -0.39 is 0 Å². The quantitative estimate of drug-likeness (QED) is 0.466. The molecule has 4 amide bonds. The number of carbonyl (C=O) groups excluding carboxylic acids is 4. The molecule has 3 N–H and O–H groups in total. The molecule has 2 fully saturated rings. The van der Waals surface area contributed by atoms with E-state index in [0.717, 1.165) is 41.8 Å². The zero-order valence-corrected chi connectivity index (χ0v) is 22.2. The smallest absolute Gasteiger partial charge is 0.254 e. The van der Waals surface area contributed by atoms with Crippen molar-refractivity contribution in [1.82, 2.24) is 5.32 Å². The Kier molecular flexibility index (Phi) is 6.51. The van der Waals surface area contributed by atoms with E-state index in [2.05, 4.69) is 21.1 Å². The zero-order valence-electron chi connectivity index (χ0n) is 21.3. The number of carbonyl (C=O) groups is 4. The van der Waals surface area contributed by atoms with Crippen LogP contribution in [0.1, 0.15) is 67.7 Å². The van der Waals surface area contributed by atoms with Crippen molar-refractivity contribution in [3.05, 3.63) is 40.3 Å². The Labute approximate surface area is 226 Å². The lowest BCUT2D eigenvalue weighted by Gasteiger charge is -2.23. The van der Waals surface area contributed by atoms with Crippen LogP contribution in [0.5, 0.6) is 0 Å². The maximum atomic E-state index is 13.3. The van der Waals surface area contributed by atoms with Gasteiger partial charge in [0.1, 0.15) is 5.00 Å². The van der Waals surface area contributed by atoms with Gasteiger partial charge in [0.25, 0.3) is 11.8 Å². The number of thiophene rings is 1. The molecule has 200 valence electrons. The first-order valence-electron chi connectivity index (χ1n) is 13.4. The van der Waals surface area contributed by atoms with Gasteiger partial charge in [-0.05, 0) is 81.5 Å². The lowest BCUT2D eigenvalue weighted by molar-refractivity contribution is -0.120. The predicted octanol–water partition coefficient (Wildman–Crippen LogP) is 4.34. The van der Waals surface area contributed by atoms with Gasteiger partial charge in [0.2, 0.25) is 11.8 Å². The minimum absolute atomic E-state index is 0. The van der Waals surface area contributed by atoms with Crippen LogP contribution in [0.2, 0.25) is 0 Å². The Bertz CT molecular complexity index is 1360. The molecule has 2 aromatic rings. The molecule has 0 saturated heterocycles. The summed E-state index contributed by atoms with van der Waals surface area (Å²) >= 11 is 1.47. The molecule has 0 spiro atoms. The molecule has 2 saturated carbocycles. The summed E-state index contributed by atoms with van der Waals surface area (Å²) in [6, 6.07) is 7.12. The van der Waals surface area contributed by atoms with Crippen molar-refractivity contribution in [2.45, 2.75) is 58.3 Å². The summed E-state index contributed by atoms with van der Waals surface area (Å²) < 4.78 is 0. The molecular formula is C28H33N5O4S. The van der Waals surface area contributed by atoms with Crippen molar-refractivity contribution in [2.75, 3.05) is 22.2 Å². The second kappa shape index (κ2) is 9.98. The number of hydrogen-bond donors (Lipinski definition) is 3. The Balaban J connectivity index is 0.00000308. The molecule has 9 nitrogen and oxygen atoms in total. The number of hydrogen-bond acceptors (Lipinski definition) is 6. The lowest BCUT2D eigenvalue weighted by atomic mass is 9.85. The van der Waals surface area contributed by atoms with Crippen LogP contribution in [-0.2, 0) is 27.2 Å². The van der Waals surface area contributed by atoms with E-state index in [1.54, 1.807) is 24.3 Å². The van der Waals surface area contributed by atoms with E-state index in [-0.39, 0.29) is 36.9 Å². The molecule has 1 unspecified atom stereocenters. The second-order valence-corrected chi connectivity index (χ2v) is 11.9. The average Bonchev–Trinajstić information content (AvgIpc) is 3.82. The number of rotatable bonds is 8. The highest BCUT2D eigenvalue weighted by atomic mass is 32.1. The van der Waals surface area contributed by atoms with Crippen LogP contribution in [0.25, 0.3) is 0 Å². The largest absolute Gasteiger partial charge is 0.352 e. The fourth-order valence-corrected chi connectivity index (χ4v) is 6.30. The highest BCUT2D eigenvalue weighted by Crippen LogP contribution is 2.41. The second-order valence-electron chi connectivity index (χ2n) is 10.8. The normalized spacial score (nSPS) is 20.6. The van der Waals surface area contributed by atoms with Gasteiger partial charge in [-0.15, -0.1) is 11.3 Å². The molecule has 1 aromatic carbocycles. The molecule has 4 aliphatic rings. The third kappa shape index (κ3) is 5.22. The molecule has 1 atom stereocenters. The van der Waals surface area contributed by atoms with Crippen molar-refractivity contribution in [3.63, 3.8) is 0 Å². The van der Waals surface area contributed by atoms with Crippen molar-refractivity contribution in [3.8, 4) is 0 Å². The molecule has 1 aromatic heterocycles. The molecule has 2 heterocycles. The van der Waals surface area contributed by atoms with E-state index >= 15 is 0 Å². The minimum Gasteiger partial charge on any atom is -0.352 e. The lowest BCUT2D eigenvalue weighted by Crippen LogP contribution is -2.31. The number of anilines is 3. The Morgan fingerprint density at radius 1 is 1.08 bits per heavy atom. The van der Waals surface area contributed by atoms with Gasteiger partial charge in [-0.3, -0.25) is 19.2 Å². The van der Waals surface area contributed by atoms with Crippen molar-refractivity contribution in [1.29, 1.82) is 0 Å². The highest BCUT2D eigenvalue weighted by Gasteiger charge is 2.35. The van der Waals surface area contributed by atoms with Gasteiger partial charge >= 0.3 is 0 Å². The van der Waals surface area contributed by atoms with Crippen LogP contribution in [0.15, 0.2) is 29.4 Å². The van der Waals surface area contributed by atoms with E-state index in [1.165, 1.54) is 16.3 Å². The number of nitrogens with one attached hydrogen (secondary N) is 3. The Hall–Kier alpha value is -3.53. The molecule has 1 aliphatic heterocycles. The van der Waals surface area contributed by atoms with Crippen LogP contribution >= 0.6 is 11.3 Å². The minimum atomic E-state index is -0.309. The number of fused-ring (bicyclic) bond motifs is 1. The van der Waals surface area contributed by atoms with Gasteiger partial charge in [0.15, 0.2) is 0 Å². The zero-order chi connectivity index (χ0) is 26.4. The van der Waals surface area contributed by atoms with Crippen molar-refractivity contribution < 1.29 is 20.6 Å². The maximum absolute atomic E-state index is 13.3. The van der Waals surface area contributed by atoms with E-state index in [4.69, 9.17) is 0 Å². The SMILES string of the molecule is CC1=NN(c2cccc(NC(=O)C3CCc4sc(NC(=O)C5CC5)c(C(=O)NCC5CC5)c4C3)c2)C(=O)C1.[HH]. The first kappa shape index (κ1) is 24.8. The topological polar surface area (TPSA) is 120 Å². The Morgan fingerprint density at radius 3 is 2.58 bits per heavy atom. The summed E-state index contributed by atoms with van der Waals surface area (Å²) in [6.07, 6.45) is 6.12. The molecular weight excluding hydrogens is 502 g/mol. The third-order valence-corrected chi connectivity index (χ3v) is 8.77. The summed E-state index contributed by atoms with van der Waals surface area (Å²) in [5.41, 5.74) is 3.36. The maximum Gasteiger partial charge on any atom is 0.254 e. The van der Waals surface area contributed by atoms with Gasteiger partial charge in [-0.1, -0.05) is 6.07 Å². The van der Waals surface area contributed by atoms with Gasteiger partial charge < -0.3 is 16.0 Å². The number of aryl methyl sites for hydroxylation is 1. The molecule has 38 heavy (non-hydrogen) atoms. The van der Waals surface area contributed by atoms with Crippen LogP contribution in [0.3, 0.4) is 0 Å². The molecule has 0 radical (unpaired) electrons. The monoisotopic (exact) mass is 535 g/mol. The fourth-order valence-electron chi connectivity index (χ4n) is 5.06. The summed E-state index contributed by atoms with van der Waals surface area (Å²) in [5.74, 6) is -0.143.